The van der Waals surface area contributed by atoms with Gasteiger partial charge in [-0.15, -0.1) is 0 Å². The predicted molar refractivity (Wildman–Crippen MR) is 85.2 cm³/mol. The molecule has 6 nitrogen and oxygen atoms in total. The molecule has 23 heavy (non-hydrogen) atoms. The number of ether oxygens (including phenoxy) is 2. The Hall–Kier alpha value is -0.860. The molecule has 2 fully saturated rings. The minimum Gasteiger partial charge on any atom is -0.495 e. The fraction of sp³-hybridized carbons (Fsp3) is 0.600. The molecule has 128 valence electrons. The highest BCUT2D eigenvalue weighted by molar-refractivity contribution is 7.89. The highest BCUT2D eigenvalue weighted by Crippen LogP contribution is 2.43. The van der Waals surface area contributed by atoms with Crippen LogP contribution in [0.1, 0.15) is 6.42 Å². The number of benzene rings is 1. The van der Waals surface area contributed by atoms with Gasteiger partial charge in [0.2, 0.25) is 10.0 Å². The topological polar surface area (TPSA) is 76.1 Å². The number of aliphatic hydroxyl groups excluding tert-OH is 1. The van der Waals surface area contributed by atoms with Crippen molar-refractivity contribution in [1.82, 2.24) is 4.31 Å². The quantitative estimate of drug-likeness (QED) is 0.876. The van der Waals surface area contributed by atoms with Crippen LogP contribution in [-0.2, 0) is 14.8 Å². The average Bonchev–Trinajstić information content (AvgIpc) is 2.95. The van der Waals surface area contributed by atoms with Crippen molar-refractivity contribution in [2.24, 2.45) is 11.3 Å². The van der Waals surface area contributed by atoms with Crippen molar-refractivity contribution in [3.8, 4) is 5.75 Å². The largest absolute Gasteiger partial charge is 0.495 e. The van der Waals surface area contributed by atoms with Crippen LogP contribution in [0.25, 0.3) is 0 Å². The highest BCUT2D eigenvalue weighted by Gasteiger charge is 2.51. The maximum Gasteiger partial charge on any atom is 0.243 e. The van der Waals surface area contributed by atoms with E-state index in [9.17, 15) is 13.5 Å². The zero-order valence-corrected chi connectivity index (χ0v) is 14.4. The summed E-state index contributed by atoms with van der Waals surface area (Å²) < 4.78 is 37.7. The minimum atomic E-state index is -3.67. The van der Waals surface area contributed by atoms with E-state index in [0.717, 1.165) is 6.42 Å². The van der Waals surface area contributed by atoms with E-state index >= 15 is 0 Å². The molecule has 2 saturated heterocycles. The minimum absolute atomic E-state index is 0.0763. The van der Waals surface area contributed by atoms with E-state index in [1.54, 1.807) is 6.07 Å². The Morgan fingerprint density at radius 3 is 2.91 bits per heavy atom. The van der Waals surface area contributed by atoms with E-state index < -0.39 is 15.4 Å². The third-order valence-corrected chi connectivity index (χ3v) is 6.96. The van der Waals surface area contributed by atoms with Crippen LogP contribution in [0.3, 0.4) is 0 Å². The molecule has 1 N–H and O–H groups in total. The normalized spacial score (nSPS) is 28.6. The van der Waals surface area contributed by atoms with Crippen molar-refractivity contribution in [1.29, 1.82) is 0 Å². The number of fused-ring (bicyclic) bond motifs is 1. The zero-order valence-electron chi connectivity index (χ0n) is 12.9. The second-order valence-corrected chi connectivity index (χ2v) is 8.50. The molecule has 1 aromatic rings. The first kappa shape index (κ1) is 17.0. The van der Waals surface area contributed by atoms with E-state index in [1.807, 2.05) is 0 Å². The zero-order chi connectivity index (χ0) is 16.7. The molecule has 3 rings (SSSR count). The van der Waals surface area contributed by atoms with E-state index in [1.165, 1.54) is 23.5 Å². The summed E-state index contributed by atoms with van der Waals surface area (Å²) in [4.78, 5) is 0.135. The lowest BCUT2D eigenvalue weighted by atomic mass is 9.76. The standard InChI is InChI=1S/C15H20ClNO5S/c1-21-14-3-2-12(6-13(14)16)23(19,20)17-7-11-4-5-22-10-15(11,8-17)9-18/h2-3,6,11,18H,4-5,7-10H2,1H3/t11-,15+/m0/s1. The molecule has 8 heteroatoms. The Morgan fingerprint density at radius 2 is 2.30 bits per heavy atom. The van der Waals surface area contributed by atoms with Crippen molar-refractivity contribution >= 4 is 21.6 Å². The van der Waals surface area contributed by atoms with Crippen LogP contribution >= 0.6 is 11.6 Å². The average molecular weight is 362 g/mol. The van der Waals surface area contributed by atoms with Crippen LogP contribution in [-0.4, -0.2) is 57.8 Å². The molecule has 0 saturated carbocycles. The van der Waals surface area contributed by atoms with Crippen molar-refractivity contribution in [3.63, 3.8) is 0 Å². The van der Waals surface area contributed by atoms with Crippen LogP contribution in [0.2, 0.25) is 5.02 Å². The first-order valence-corrected chi connectivity index (χ1v) is 9.27. The maximum absolute atomic E-state index is 12.9. The number of halogens is 1. The van der Waals surface area contributed by atoms with Crippen LogP contribution in [0.15, 0.2) is 23.1 Å². The van der Waals surface area contributed by atoms with E-state index in [4.69, 9.17) is 21.1 Å². The van der Waals surface area contributed by atoms with Gasteiger partial charge in [0.1, 0.15) is 5.75 Å². The van der Waals surface area contributed by atoms with E-state index in [0.29, 0.717) is 25.5 Å². The molecule has 2 aliphatic heterocycles. The van der Waals surface area contributed by atoms with E-state index in [-0.39, 0.29) is 29.0 Å². The molecule has 1 aromatic carbocycles. The van der Waals surface area contributed by atoms with Gasteiger partial charge in [-0.05, 0) is 30.5 Å². The van der Waals surface area contributed by atoms with Crippen molar-refractivity contribution in [3.05, 3.63) is 23.2 Å². The summed E-state index contributed by atoms with van der Waals surface area (Å²) in [6.45, 7) is 1.58. The van der Waals surface area contributed by atoms with Gasteiger partial charge in [-0.2, -0.15) is 4.31 Å². The molecule has 2 atom stereocenters. The molecule has 0 amide bonds. The SMILES string of the molecule is COc1ccc(S(=O)(=O)N2C[C@@H]3CCOC[C@]3(CO)C2)cc1Cl. The van der Waals surface area contributed by atoms with Gasteiger partial charge in [0.25, 0.3) is 0 Å². The second-order valence-electron chi connectivity index (χ2n) is 6.15. The number of sulfonamides is 1. The summed E-state index contributed by atoms with van der Waals surface area (Å²) in [6.07, 6.45) is 0.760. The monoisotopic (exact) mass is 361 g/mol. The number of nitrogens with zero attached hydrogens (tertiary/aromatic N) is 1. The Morgan fingerprint density at radius 1 is 1.52 bits per heavy atom. The van der Waals surface area contributed by atoms with Gasteiger partial charge >= 0.3 is 0 Å². The van der Waals surface area contributed by atoms with Crippen LogP contribution in [0.4, 0.5) is 0 Å². The van der Waals surface area contributed by atoms with E-state index in [2.05, 4.69) is 0 Å². The number of aliphatic hydroxyl groups is 1. The van der Waals surface area contributed by atoms with Gasteiger partial charge in [-0.3, -0.25) is 0 Å². The molecular weight excluding hydrogens is 342 g/mol. The van der Waals surface area contributed by atoms with Crippen LogP contribution in [0.5, 0.6) is 5.75 Å². The first-order valence-electron chi connectivity index (χ1n) is 7.45. The second kappa shape index (κ2) is 6.22. The molecule has 0 aromatic heterocycles. The van der Waals surface area contributed by atoms with Gasteiger partial charge in [0.05, 0.1) is 30.2 Å². The molecule has 0 radical (unpaired) electrons. The number of methoxy groups -OCH3 is 1. The summed E-state index contributed by atoms with van der Waals surface area (Å²) >= 11 is 6.05. The molecule has 0 unspecified atom stereocenters. The predicted octanol–water partition coefficient (Wildman–Crippen LogP) is 1.37. The third kappa shape index (κ3) is 2.85. The molecule has 0 aliphatic carbocycles. The molecule has 0 spiro atoms. The van der Waals surface area contributed by atoms with Crippen LogP contribution in [0, 0.1) is 11.3 Å². The van der Waals surface area contributed by atoms with Crippen molar-refractivity contribution < 1.29 is 23.0 Å². The fourth-order valence-corrected chi connectivity index (χ4v) is 5.34. The lowest BCUT2D eigenvalue weighted by Crippen LogP contribution is -2.43. The Labute approximate surface area is 141 Å². The summed E-state index contributed by atoms with van der Waals surface area (Å²) in [5.74, 6) is 0.547. The summed E-state index contributed by atoms with van der Waals surface area (Å²) in [6, 6.07) is 4.44. The van der Waals surface area contributed by atoms with Gasteiger partial charge < -0.3 is 14.6 Å². The molecule has 2 aliphatic rings. The number of hydrogen-bond donors (Lipinski definition) is 1. The number of rotatable bonds is 4. The summed E-state index contributed by atoms with van der Waals surface area (Å²) in [5.41, 5.74) is -0.498. The third-order valence-electron chi connectivity index (χ3n) is 4.86. The van der Waals surface area contributed by atoms with Gasteiger partial charge in [0, 0.05) is 25.1 Å². The van der Waals surface area contributed by atoms with Gasteiger partial charge in [-0.25, -0.2) is 8.42 Å². The summed E-state index contributed by atoms with van der Waals surface area (Å²) in [7, 11) is -2.19. The molecular formula is C15H20ClNO5S. The maximum atomic E-state index is 12.9. The summed E-state index contributed by atoms with van der Waals surface area (Å²) in [5, 5.41) is 10.0. The van der Waals surface area contributed by atoms with Crippen molar-refractivity contribution in [2.75, 3.05) is 40.0 Å². The van der Waals surface area contributed by atoms with Crippen LogP contribution < -0.4 is 4.74 Å². The molecule has 2 heterocycles. The molecule has 0 bridgehead atoms. The van der Waals surface area contributed by atoms with Crippen molar-refractivity contribution in [2.45, 2.75) is 11.3 Å². The Bertz CT molecular complexity index is 695. The van der Waals surface area contributed by atoms with Gasteiger partial charge in [-0.1, -0.05) is 11.6 Å². The first-order chi connectivity index (χ1) is 10.9. The number of hydrogen-bond acceptors (Lipinski definition) is 5. The fourth-order valence-electron chi connectivity index (χ4n) is 3.41. The smallest absolute Gasteiger partial charge is 0.243 e. The highest BCUT2D eigenvalue weighted by atomic mass is 35.5. The van der Waals surface area contributed by atoms with Gasteiger partial charge in [0.15, 0.2) is 0 Å². The Balaban J connectivity index is 1.90. The lowest BCUT2D eigenvalue weighted by molar-refractivity contribution is -0.0552. The Kier molecular flexibility index (Phi) is 4.59. The lowest BCUT2D eigenvalue weighted by Gasteiger charge is -2.36.